The van der Waals surface area contributed by atoms with Crippen molar-refractivity contribution in [1.29, 1.82) is 0 Å². The Labute approximate surface area is 180 Å². The summed E-state index contributed by atoms with van der Waals surface area (Å²) < 4.78 is 35.3. The van der Waals surface area contributed by atoms with Crippen LogP contribution in [0, 0.1) is 20.8 Å². The van der Waals surface area contributed by atoms with E-state index in [1.54, 1.807) is 67.7 Å². The topological polar surface area (TPSA) is 99.0 Å². The molecule has 9 heteroatoms. The lowest BCUT2D eigenvalue weighted by Crippen LogP contribution is -2.12. The fourth-order valence-electron chi connectivity index (χ4n) is 2.96. The third-order valence-electron chi connectivity index (χ3n) is 4.53. The number of nitrogens with zero attached hydrogens (tertiary/aromatic N) is 4. The number of anilines is 1. The molecule has 0 aliphatic heterocycles. The van der Waals surface area contributed by atoms with Crippen molar-refractivity contribution >= 4 is 15.7 Å². The highest BCUT2D eigenvalue weighted by Gasteiger charge is 2.14. The van der Waals surface area contributed by atoms with E-state index in [9.17, 15) is 8.42 Å². The van der Waals surface area contributed by atoms with E-state index in [-0.39, 0.29) is 4.90 Å². The average Bonchev–Trinajstić information content (AvgIpc) is 3.15. The molecule has 4 aromatic rings. The lowest BCUT2D eigenvalue weighted by molar-refractivity contribution is 0.459. The lowest BCUT2D eigenvalue weighted by atomic mass is 10.2. The molecule has 0 aliphatic rings. The Morgan fingerprint density at radius 3 is 2.29 bits per heavy atom. The van der Waals surface area contributed by atoms with E-state index in [4.69, 9.17) is 4.74 Å². The summed E-state index contributed by atoms with van der Waals surface area (Å²) in [6.45, 7) is 5.57. The first kappa shape index (κ1) is 20.5. The van der Waals surface area contributed by atoms with Crippen molar-refractivity contribution in [3.05, 3.63) is 84.2 Å². The summed E-state index contributed by atoms with van der Waals surface area (Å²) in [6.07, 6.45) is 3.51. The number of rotatable bonds is 6. The van der Waals surface area contributed by atoms with Crippen LogP contribution < -0.4 is 9.46 Å². The molecule has 0 unspecified atom stereocenters. The highest BCUT2D eigenvalue weighted by atomic mass is 32.2. The van der Waals surface area contributed by atoms with Gasteiger partial charge in [0.25, 0.3) is 10.0 Å². The number of hydrogen-bond donors (Lipinski definition) is 1. The molecule has 0 bridgehead atoms. The molecule has 2 aromatic heterocycles. The molecule has 4 rings (SSSR count). The Balaban J connectivity index is 1.51. The van der Waals surface area contributed by atoms with Crippen LogP contribution in [0.2, 0.25) is 0 Å². The van der Waals surface area contributed by atoms with Crippen LogP contribution in [-0.2, 0) is 10.0 Å². The fourth-order valence-corrected chi connectivity index (χ4v) is 4.02. The smallest absolute Gasteiger partial charge is 0.261 e. The summed E-state index contributed by atoms with van der Waals surface area (Å²) in [5.41, 5.74) is 1.42. The number of nitrogens with one attached hydrogen (secondary N) is 1. The molecule has 0 amide bonds. The Bertz CT molecular complexity index is 1310. The minimum Gasteiger partial charge on any atom is -0.439 e. The summed E-state index contributed by atoms with van der Waals surface area (Å²) in [6, 6.07) is 15.0. The van der Waals surface area contributed by atoms with Gasteiger partial charge in [0, 0.05) is 24.1 Å². The quantitative estimate of drug-likeness (QED) is 0.488. The predicted octanol–water partition coefficient (Wildman–Crippen LogP) is 4.18. The molecule has 0 saturated carbocycles. The molecule has 0 fully saturated rings. The molecule has 158 valence electrons. The van der Waals surface area contributed by atoms with Crippen LogP contribution in [0.3, 0.4) is 0 Å². The molecular weight excluding hydrogens is 414 g/mol. The van der Waals surface area contributed by atoms with Crippen LogP contribution in [0.5, 0.6) is 11.6 Å². The largest absolute Gasteiger partial charge is 0.439 e. The third-order valence-corrected chi connectivity index (χ3v) is 5.93. The zero-order valence-electron chi connectivity index (χ0n) is 17.3. The summed E-state index contributed by atoms with van der Waals surface area (Å²) in [5.74, 6) is 2.91. The molecule has 0 saturated heterocycles. The number of hydrogen-bond acceptors (Lipinski definition) is 6. The lowest BCUT2D eigenvalue weighted by Gasteiger charge is -2.11. The van der Waals surface area contributed by atoms with Gasteiger partial charge in [0.1, 0.15) is 23.2 Å². The molecule has 0 atom stereocenters. The molecule has 0 spiro atoms. The van der Waals surface area contributed by atoms with E-state index in [1.807, 2.05) is 24.6 Å². The zero-order valence-corrected chi connectivity index (χ0v) is 18.1. The first-order chi connectivity index (χ1) is 14.8. The van der Waals surface area contributed by atoms with Crippen LogP contribution in [-0.4, -0.2) is 27.9 Å². The second kappa shape index (κ2) is 8.19. The van der Waals surface area contributed by atoms with Crippen LogP contribution in [0.15, 0.2) is 71.9 Å². The van der Waals surface area contributed by atoms with Crippen molar-refractivity contribution in [2.75, 3.05) is 4.72 Å². The molecule has 0 radical (unpaired) electrons. The molecule has 0 aliphatic carbocycles. The first-order valence-electron chi connectivity index (χ1n) is 9.53. The SMILES string of the molecule is Cc1ccc(S(=O)(=O)Nc2ccc(Oc3cc(-n4ccnc4C)nc(C)n3)cc2)cc1. The fraction of sp³-hybridized carbons (Fsp3) is 0.136. The van der Waals surface area contributed by atoms with E-state index in [0.29, 0.717) is 29.0 Å². The number of sulfonamides is 1. The van der Waals surface area contributed by atoms with Gasteiger partial charge >= 0.3 is 0 Å². The van der Waals surface area contributed by atoms with Crippen molar-refractivity contribution in [3.63, 3.8) is 0 Å². The van der Waals surface area contributed by atoms with Gasteiger partial charge in [-0.15, -0.1) is 0 Å². The highest BCUT2D eigenvalue weighted by Crippen LogP contribution is 2.24. The first-order valence-corrected chi connectivity index (χ1v) is 11.0. The third kappa shape index (κ3) is 4.72. The van der Waals surface area contributed by atoms with Crippen molar-refractivity contribution in [3.8, 4) is 17.4 Å². The van der Waals surface area contributed by atoms with Crippen LogP contribution >= 0.6 is 0 Å². The van der Waals surface area contributed by atoms with Gasteiger partial charge in [-0.1, -0.05) is 17.7 Å². The number of imidazole rings is 1. The summed E-state index contributed by atoms with van der Waals surface area (Å²) in [4.78, 5) is 13.2. The molecular formula is C22H21N5O3S. The average molecular weight is 436 g/mol. The van der Waals surface area contributed by atoms with Crippen molar-refractivity contribution in [2.45, 2.75) is 25.7 Å². The Kier molecular flexibility index (Phi) is 5.43. The highest BCUT2D eigenvalue weighted by molar-refractivity contribution is 7.92. The molecule has 2 aromatic carbocycles. The Hall–Kier alpha value is -3.72. The van der Waals surface area contributed by atoms with Gasteiger partial charge in [-0.3, -0.25) is 9.29 Å². The van der Waals surface area contributed by atoms with Gasteiger partial charge in [0.05, 0.1) is 4.90 Å². The van der Waals surface area contributed by atoms with E-state index >= 15 is 0 Å². The van der Waals surface area contributed by atoms with E-state index in [1.165, 1.54) is 0 Å². The van der Waals surface area contributed by atoms with Gasteiger partial charge in [-0.05, 0) is 57.2 Å². The number of aryl methyl sites for hydroxylation is 3. The number of aromatic nitrogens is 4. The van der Waals surface area contributed by atoms with Crippen LogP contribution in [0.4, 0.5) is 5.69 Å². The number of benzene rings is 2. The van der Waals surface area contributed by atoms with Crippen LogP contribution in [0.25, 0.3) is 5.82 Å². The van der Waals surface area contributed by atoms with Crippen molar-refractivity contribution in [1.82, 2.24) is 19.5 Å². The maximum Gasteiger partial charge on any atom is 0.261 e. The standard InChI is InChI=1S/C22H21N5O3S/c1-15-4-10-20(11-5-15)31(28,29)26-18-6-8-19(9-7-18)30-22-14-21(24-16(2)25-22)27-13-12-23-17(27)3/h4-14,26H,1-3H3. The van der Waals surface area contributed by atoms with Crippen molar-refractivity contribution in [2.24, 2.45) is 0 Å². The van der Waals surface area contributed by atoms with E-state index in [2.05, 4.69) is 19.7 Å². The Morgan fingerprint density at radius 2 is 1.65 bits per heavy atom. The maximum atomic E-state index is 12.5. The second-order valence-electron chi connectivity index (χ2n) is 7.00. The Morgan fingerprint density at radius 1 is 0.935 bits per heavy atom. The summed E-state index contributed by atoms with van der Waals surface area (Å²) in [5, 5.41) is 0. The van der Waals surface area contributed by atoms with Gasteiger partial charge in [0.2, 0.25) is 5.88 Å². The van der Waals surface area contributed by atoms with E-state index in [0.717, 1.165) is 11.4 Å². The molecule has 2 heterocycles. The van der Waals surface area contributed by atoms with Crippen LogP contribution in [0.1, 0.15) is 17.2 Å². The normalized spacial score (nSPS) is 11.3. The maximum absolute atomic E-state index is 12.5. The van der Waals surface area contributed by atoms with Gasteiger partial charge in [-0.25, -0.2) is 18.4 Å². The van der Waals surface area contributed by atoms with Gasteiger partial charge in [-0.2, -0.15) is 4.98 Å². The van der Waals surface area contributed by atoms with Gasteiger partial charge < -0.3 is 4.74 Å². The minimum atomic E-state index is -3.66. The summed E-state index contributed by atoms with van der Waals surface area (Å²) >= 11 is 0. The van der Waals surface area contributed by atoms with Crippen molar-refractivity contribution < 1.29 is 13.2 Å². The zero-order chi connectivity index (χ0) is 22.0. The minimum absolute atomic E-state index is 0.206. The predicted molar refractivity (Wildman–Crippen MR) is 117 cm³/mol. The monoisotopic (exact) mass is 435 g/mol. The molecule has 8 nitrogen and oxygen atoms in total. The summed E-state index contributed by atoms with van der Waals surface area (Å²) in [7, 11) is -3.66. The number of ether oxygens (including phenoxy) is 1. The second-order valence-corrected chi connectivity index (χ2v) is 8.68. The van der Waals surface area contributed by atoms with Gasteiger partial charge in [0.15, 0.2) is 0 Å². The molecule has 31 heavy (non-hydrogen) atoms. The molecule has 1 N–H and O–H groups in total. The van der Waals surface area contributed by atoms with E-state index < -0.39 is 10.0 Å².